The van der Waals surface area contributed by atoms with E-state index in [2.05, 4.69) is 59.3 Å². The normalized spacial score (nSPS) is 22.4. The molecule has 27 heavy (non-hydrogen) atoms. The van der Waals surface area contributed by atoms with Crippen molar-refractivity contribution in [3.8, 4) is 0 Å². The monoisotopic (exact) mass is 372 g/mol. The van der Waals surface area contributed by atoms with Crippen LogP contribution in [-0.2, 0) is 11.3 Å². The molecule has 0 bridgehead atoms. The fraction of sp³-hybridized carbons (Fsp3) is 0.682. The average molecular weight is 373 g/mol. The first-order chi connectivity index (χ1) is 13.3. The predicted octanol–water partition coefficient (Wildman–Crippen LogP) is 3.12. The van der Waals surface area contributed by atoms with E-state index in [-0.39, 0.29) is 0 Å². The van der Waals surface area contributed by atoms with Gasteiger partial charge in [0, 0.05) is 38.8 Å². The second-order valence-electron chi connectivity index (χ2n) is 7.59. The van der Waals surface area contributed by atoms with Gasteiger partial charge < -0.3 is 15.0 Å². The van der Waals surface area contributed by atoms with Gasteiger partial charge >= 0.3 is 0 Å². The molecule has 1 N–H and O–H groups in total. The van der Waals surface area contributed by atoms with Gasteiger partial charge in [-0.15, -0.1) is 0 Å². The summed E-state index contributed by atoms with van der Waals surface area (Å²) >= 11 is 0. The molecule has 0 radical (unpaired) electrons. The highest BCUT2D eigenvalue weighted by molar-refractivity contribution is 5.80. The zero-order chi connectivity index (χ0) is 18.9. The van der Waals surface area contributed by atoms with Gasteiger partial charge in [-0.05, 0) is 51.6 Å². The number of benzene rings is 1. The van der Waals surface area contributed by atoms with Crippen molar-refractivity contribution >= 4 is 5.96 Å². The van der Waals surface area contributed by atoms with Crippen molar-refractivity contribution in [2.45, 2.75) is 58.2 Å². The lowest BCUT2D eigenvalue weighted by Gasteiger charge is -2.34. The van der Waals surface area contributed by atoms with Crippen LogP contribution >= 0.6 is 0 Å². The maximum absolute atomic E-state index is 5.79. The summed E-state index contributed by atoms with van der Waals surface area (Å²) in [6.07, 6.45) is 5.15. The molecule has 0 amide bonds. The van der Waals surface area contributed by atoms with Crippen LogP contribution in [0.2, 0.25) is 0 Å². The zero-order valence-electron chi connectivity index (χ0n) is 17.1. The Bertz CT molecular complexity index is 569. The van der Waals surface area contributed by atoms with Crippen LogP contribution in [0.15, 0.2) is 35.3 Å². The summed E-state index contributed by atoms with van der Waals surface area (Å²) in [6, 6.07) is 11.4. The van der Waals surface area contributed by atoms with Crippen LogP contribution in [0, 0.1) is 0 Å². The highest BCUT2D eigenvalue weighted by atomic mass is 16.5. The molecule has 1 aromatic rings. The minimum Gasteiger partial charge on any atom is -0.378 e. The molecule has 2 aliphatic heterocycles. The van der Waals surface area contributed by atoms with E-state index < -0.39 is 0 Å². The number of rotatable bonds is 7. The van der Waals surface area contributed by atoms with Crippen molar-refractivity contribution in [2.75, 3.05) is 39.3 Å². The Balaban J connectivity index is 1.56. The van der Waals surface area contributed by atoms with Crippen LogP contribution in [0.25, 0.3) is 0 Å². The van der Waals surface area contributed by atoms with Crippen LogP contribution in [0.1, 0.15) is 45.1 Å². The number of hydrogen-bond acceptors (Lipinski definition) is 3. The molecule has 2 fully saturated rings. The van der Waals surface area contributed by atoms with E-state index in [0.29, 0.717) is 12.1 Å². The SMILES string of the molecule is CCNC(=NCC1CCCN1Cc1ccccc1)N1CCC(OCC)CC1. The Morgan fingerprint density at radius 1 is 1.11 bits per heavy atom. The second-order valence-corrected chi connectivity index (χ2v) is 7.59. The second kappa shape index (κ2) is 10.7. The van der Waals surface area contributed by atoms with E-state index in [4.69, 9.17) is 9.73 Å². The largest absolute Gasteiger partial charge is 0.378 e. The Hall–Kier alpha value is -1.59. The molecule has 0 spiro atoms. The Kier molecular flexibility index (Phi) is 7.96. The van der Waals surface area contributed by atoms with Gasteiger partial charge in [0.05, 0.1) is 12.6 Å². The topological polar surface area (TPSA) is 40.1 Å². The van der Waals surface area contributed by atoms with Gasteiger partial charge in [-0.25, -0.2) is 0 Å². The van der Waals surface area contributed by atoms with E-state index in [1.807, 2.05) is 0 Å². The van der Waals surface area contributed by atoms with Gasteiger partial charge in [-0.2, -0.15) is 0 Å². The third-order valence-electron chi connectivity index (χ3n) is 5.66. The van der Waals surface area contributed by atoms with E-state index in [1.165, 1.54) is 24.9 Å². The maximum Gasteiger partial charge on any atom is 0.193 e. The zero-order valence-corrected chi connectivity index (χ0v) is 17.1. The molecule has 1 aromatic carbocycles. The Labute approximate surface area is 164 Å². The Morgan fingerprint density at radius 2 is 1.89 bits per heavy atom. The molecular weight excluding hydrogens is 336 g/mol. The molecular formula is C22H36N4O. The highest BCUT2D eigenvalue weighted by Crippen LogP contribution is 2.21. The summed E-state index contributed by atoms with van der Waals surface area (Å²) in [6.45, 7) is 11.2. The number of hydrogen-bond donors (Lipinski definition) is 1. The van der Waals surface area contributed by atoms with Crippen molar-refractivity contribution in [1.82, 2.24) is 15.1 Å². The molecule has 5 heteroatoms. The molecule has 0 aliphatic carbocycles. The third-order valence-corrected chi connectivity index (χ3v) is 5.66. The summed E-state index contributed by atoms with van der Waals surface area (Å²) in [7, 11) is 0. The van der Waals surface area contributed by atoms with Gasteiger partial charge in [-0.1, -0.05) is 30.3 Å². The quantitative estimate of drug-likeness (QED) is 0.590. The lowest BCUT2D eigenvalue weighted by Crippen LogP contribution is -2.47. The summed E-state index contributed by atoms with van der Waals surface area (Å²) in [5, 5.41) is 3.50. The average Bonchev–Trinajstić information content (AvgIpc) is 3.14. The van der Waals surface area contributed by atoms with E-state index in [9.17, 15) is 0 Å². The number of nitrogens with one attached hydrogen (secondary N) is 1. The van der Waals surface area contributed by atoms with Crippen molar-refractivity contribution < 1.29 is 4.74 Å². The first kappa shape index (κ1) is 20.2. The Morgan fingerprint density at radius 3 is 2.59 bits per heavy atom. The number of aliphatic imine (C=N–C) groups is 1. The lowest BCUT2D eigenvalue weighted by atomic mass is 10.1. The highest BCUT2D eigenvalue weighted by Gasteiger charge is 2.26. The maximum atomic E-state index is 5.79. The van der Waals surface area contributed by atoms with Crippen molar-refractivity contribution in [3.63, 3.8) is 0 Å². The summed E-state index contributed by atoms with van der Waals surface area (Å²) in [4.78, 5) is 10.0. The van der Waals surface area contributed by atoms with E-state index in [0.717, 1.165) is 58.1 Å². The molecule has 2 saturated heterocycles. The number of guanidine groups is 1. The molecule has 1 atom stereocenters. The van der Waals surface area contributed by atoms with E-state index >= 15 is 0 Å². The predicted molar refractivity (Wildman–Crippen MR) is 112 cm³/mol. The van der Waals surface area contributed by atoms with Gasteiger partial charge in [-0.3, -0.25) is 9.89 Å². The van der Waals surface area contributed by atoms with Crippen LogP contribution in [0.5, 0.6) is 0 Å². The van der Waals surface area contributed by atoms with E-state index in [1.54, 1.807) is 0 Å². The van der Waals surface area contributed by atoms with Crippen LogP contribution in [0.3, 0.4) is 0 Å². The van der Waals surface area contributed by atoms with Crippen molar-refractivity contribution in [2.24, 2.45) is 4.99 Å². The smallest absolute Gasteiger partial charge is 0.193 e. The number of nitrogens with zero attached hydrogens (tertiary/aromatic N) is 3. The molecule has 150 valence electrons. The molecule has 3 rings (SSSR count). The number of ether oxygens (including phenoxy) is 1. The van der Waals surface area contributed by atoms with Crippen molar-refractivity contribution in [1.29, 1.82) is 0 Å². The van der Waals surface area contributed by atoms with Crippen LogP contribution < -0.4 is 5.32 Å². The summed E-state index contributed by atoms with van der Waals surface area (Å²) in [5.41, 5.74) is 1.40. The molecule has 2 heterocycles. The minimum atomic E-state index is 0.422. The number of piperidine rings is 1. The fourth-order valence-electron chi connectivity index (χ4n) is 4.22. The van der Waals surface area contributed by atoms with Crippen LogP contribution in [0.4, 0.5) is 0 Å². The molecule has 5 nitrogen and oxygen atoms in total. The molecule has 0 aromatic heterocycles. The van der Waals surface area contributed by atoms with Gasteiger partial charge in [0.1, 0.15) is 0 Å². The van der Waals surface area contributed by atoms with Gasteiger partial charge in [0.2, 0.25) is 0 Å². The third kappa shape index (κ3) is 5.94. The van der Waals surface area contributed by atoms with Gasteiger partial charge in [0.15, 0.2) is 5.96 Å². The lowest BCUT2D eigenvalue weighted by molar-refractivity contribution is 0.0263. The molecule has 1 unspecified atom stereocenters. The minimum absolute atomic E-state index is 0.422. The van der Waals surface area contributed by atoms with Gasteiger partial charge in [0.25, 0.3) is 0 Å². The summed E-state index contributed by atoms with van der Waals surface area (Å²) in [5.74, 6) is 1.08. The first-order valence-electron chi connectivity index (χ1n) is 10.7. The molecule has 2 aliphatic rings. The fourth-order valence-corrected chi connectivity index (χ4v) is 4.22. The number of likely N-dealkylation sites (tertiary alicyclic amines) is 2. The molecule has 0 saturated carbocycles. The first-order valence-corrected chi connectivity index (χ1v) is 10.7. The standard InChI is InChI=1S/C22H36N4O/c1-3-23-22(25-15-12-21(13-16-25)27-4-2)24-17-20-11-8-14-26(20)18-19-9-6-5-7-10-19/h5-7,9-10,20-21H,3-4,8,11-18H2,1-2H3,(H,23,24). The van der Waals surface area contributed by atoms with Crippen molar-refractivity contribution in [3.05, 3.63) is 35.9 Å². The van der Waals surface area contributed by atoms with Crippen LogP contribution in [-0.4, -0.2) is 67.2 Å². The summed E-state index contributed by atoms with van der Waals surface area (Å²) < 4.78 is 5.79.